The summed E-state index contributed by atoms with van der Waals surface area (Å²) in [5, 5.41) is 4.68. The summed E-state index contributed by atoms with van der Waals surface area (Å²) in [7, 11) is 2.03. The van der Waals surface area contributed by atoms with Crippen LogP contribution in [-0.2, 0) is 7.05 Å². The van der Waals surface area contributed by atoms with E-state index in [1.807, 2.05) is 19.4 Å². The smallest absolute Gasteiger partial charge is 0.167 e. The van der Waals surface area contributed by atoms with Crippen LogP contribution in [-0.4, -0.2) is 21.8 Å². The number of nitrogens with one attached hydrogen (secondary N) is 1. The highest BCUT2D eigenvalue weighted by atomic mass is 32.2. The molecule has 1 N–H and O–H groups in total. The predicted octanol–water partition coefficient (Wildman–Crippen LogP) is 3.25. The van der Waals surface area contributed by atoms with Crippen molar-refractivity contribution in [1.29, 1.82) is 0 Å². The van der Waals surface area contributed by atoms with Crippen molar-refractivity contribution in [2.75, 3.05) is 12.3 Å². The Labute approximate surface area is 119 Å². The van der Waals surface area contributed by atoms with Gasteiger partial charge < -0.3 is 9.88 Å². The van der Waals surface area contributed by atoms with Crippen LogP contribution in [0.4, 0.5) is 0 Å². The van der Waals surface area contributed by atoms with E-state index < -0.39 is 0 Å². The van der Waals surface area contributed by atoms with Gasteiger partial charge in [0.25, 0.3) is 0 Å². The molecule has 1 atom stereocenters. The van der Waals surface area contributed by atoms with Gasteiger partial charge in [-0.05, 0) is 18.5 Å². The lowest BCUT2D eigenvalue weighted by Crippen LogP contribution is -2.24. The Bertz CT molecular complexity index is 481. The van der Waals surface area contributed by atoms with Gasteiger partial charge in [-0.25, -0.2) is 4.98 Å². The average Bonchev–Trinajstić information content (AvgIpc) is 2.85. The van der Waals surface area contributed by atoms with Crippen LogP contribution in [0.5, 0.6) is 0 Å². The molecule has 0 saturated carbocycles. The molecule has 3 nitrogen and oxygen atoms in total. The highest BCUT2D eigenvalue weighted by Crippen LogP contribution is 2.23. The van der Waals surface area contributed by atoms with Gasteiger partial charge in [0.15, 0.2) is 5.16 Å². The van der Waals surface area contributed by atoms with E-state index in [-0.39, 0.29) is 0 Å². The maximum atomic E-state index is 4.36. The van der Waals surface area contributed by atoms with Crippen molar-refractivity contribution in [3.63, 3.8) is 0 Å². The van der Waals surface area contributed by atoms with E-state index in [2.05, 4.69) is 52.1 Å². The number of imidazole rings is 1. The molecule has 4 heteroatoms. The van der Waals surface area contributed by atoms with Gasteiger partial charge in [0.05, 0.1) is 0 Å². The lowest BCUT2D eigenvalue weighted by atomic mass is 10.1. The topological polar surface area (TPSA) is 29.9 Å². The maximum absolute atomic E-state index is 4.36. The SMILES string of the molecule is CCCNC(CSc1nccn1C)c1ccccc1. The van der Waals surface area contributed by atoms with Gasteiger partial charge in [0, 0.05) is 31.2 Å². The normalized spacial score (nSPS) is 12.5. The monoisotopic (exact) mass is 275 g/mol. The number of rotatable bonds is 7. The van der Waals surface area contributed by atoms with Crippen LogP contribution < -0.4 is 5.32 Å². The third-order valence-electron chi connectivity index (χ3n) is 3.00. The predicted molar refractivity (Wildman–Crippen MR) is 81.4 cm³/mol. The molecule has 0 aliphatic rings. The third-order valence-corrected chi connectivity index (χ3v) is 4.15. The highest BCUT2D eigenvalue weighted by molar-refractivity contribution is 7.99. The minimum Gasteiger partial charge on any atom is -0.329 e. The van der Waals surface area contributed by atoms with Crippen LogP contribution in [0.15, 0.2) is 47.9 Å². The third kappa shape index (κ3) is 4.11. The zero-order chi connectivity index (χ0) is 13.5. The molecule has 2 aromatic rings. The van der Waals surface area contributed by atoms with Crippen molar-refractivity contribution in [3.05, 3.63) is 48.3 Å². The number of aryl methyl sites for hydroxylation is 1. The van der Waals surface area contributed by atoms with Gasteiger partial charge in [-0.15, -0.1) is 0 Å². The summed E-state index contributed by atoms with van der Waals surface area (Å²) in [6, 6.07) is 11.0. The van der Waals surface area contributed by atoms with Gasteiger partial charge >= 0.3 is 0 Å². The van der Waals surface area contributed by atoms with Crippen molar-refractivity contribution in [1.82, 2.24) is 14.9 Å². The molecule has 1 unspecified atom stereocenters. The van der Waals surface area contributed by atoms with Crippen LogP contribution in [0.2, 0.25) is 0 Å². The van der Waals surface area contributed by atoms with E-state index in [4.69, 9.17) is 0 Å². The number of aromatic nitrogens is 2. The van der Waals surface area contributed by atoms with Crippen molar-refractivity contribution < 1.29 is 0 Å². The summed E-state index contributed by atoms with van der Waals surface area (Å²) in [4.78, 5) is 4.36. The van der Waals surface area contributed by atoms with E-state index in [0.717, 1.165) is 23.9 Å². The Kier molecular flexibility index (Phi) is 5.48. The van der Waals surface area contributed by atoms with E-state index in [9.17, 15) is 0 Å². The highest BCUT2D eigenvalue weighted by Gasteiger charge is 2.12. The first-order valence-electron chi connectivity index (χ1n) is 6.69. The zero-order valence-corrected chi connectivity index (χ0v) is 12.4. The van der Waals surface area contributed by atoms with Gasteiger partial charge in [-0.3, -0.25) is 0 Å². The summed E-state index contributed by atoms with van der Waals surface area (Å²) in [6.45, 7) is 3.24. The van der Waals surface area contributed by atoms with E-state index in [1.54, 1.807) is 11.8 Å². The molecule has 0 bridgehead atoms. The van der Waals surface area contributed by atoms with Crippen molar-refractivity contribution >= 4 is 11.8 Å². The first-order valence-corrected chi connectivity index (χ1v) is 7.68. The Hall–Kier alpha value is -1.26. The Morgan fingerprint density at radius 1 is 1.32 bits per heavy atom. The Morgan fingerprint density at radius 2 is 2.11 bits per heavy atom. The second-order valence-corrected chi connectivity index (χ2v) is 5.54. The fraction of sp³-hybridized carbons (Fsp3) is 0.400. The lowest BCUT2D eigenvalue weighted by Gasteiger charge is -2.18. The number of hydrogen-bond donors (Lipinski definition) is 1. The number of hydrogen-bond acceptors (Lipinski definition) is 3. The molecule has 1 aromatic carbocycles. The minimum absolute atomic E-state index is 0.378. The molecule has 1 aromatic heterocycles. The quantitative estimate of drug-likeness (QED) is 0.787. The van der Waals surface area contributed by atoms with Gasteiger partial charge in [0.2, 0.25) is 0 Å². The summed E-state index contributed by atoms with van der Waals surface area (Å²) in [5.74, 6) is 0.995. The van der Waals surface area contributed by atoms with Crippen molar-refractivity contribution in [2.24, 2.45) is 7.05 Å². The lowest BCUT2D eigenvalue weighted by molar-refractivity contribution is 0.576. The van der Waals surface area contributed by atoms with Crippen LogP contribution in [0, 0.1) is 0 Å². The molecule has 0 amide bonds. The molecule has 2 rings (SSSR count). The fourth-order valence-corrected chi connectivity index (χ4v) is 2.95. The molecule has 19 heavy (non-hydrogen) atoms. The van der Waals surface area contributed by atoms with Gasteiger partial charge in [-0.2, -0.15) is 0 Å². The van der Waals surface area contributed by atoms with Crippen molar-refractivity contribution in [3.8, 4) is 0 Å². The van der Waals surface area contributed by atoms with Crippen LogP contribution in [0.25, 0.3) is 0 Å². The van der Waals surface area contributed by atoms with E-state index >= 15 is 0 Å². The minimum atomic E-state index is 0.378. The molecule has 0 radical (unpaired) electrons. The number of benzene rings is 1. The van der Waals surface area contributed by atoms with E-state index in [0.29, 0.717) is 6.04 Å². The molecule has 0 saturated heterocycles. The average molecular weight is 275 g/mol. The van der Waals surface area contributed by atoms with Crippen LogP contribution >= 0.6 is 11.8 Å². The second-order valence-electron chi connectivity index (χ2n) is 4.55. The molecule has 0 fully saturated rings. The van der Waals surface area contributed by atoms with Gasteiger partial charge in [0.1, 0.15) is 0 Å². The molecule has 0 spiro atoms. The molecule has 0 aliphatic heterocycles. The summed E-state index contributed by atoms with van der Waals surface area (Å²) < 4.78 is 2.06. The molecule has 0 aliphatic carbocycles. The standard InChI is InChI=1S/C15H21N3S/c1-3-9-16-14(13-7-5-4-6-8-13)12-19-15-17-10-11-18(15)2/h4-8,10-11,14,16H,3,9,12H2,1-2H3. The number of nitrogens with zero attached hydrogens (tertiary/aromatic N) is 2. The first-order chi connectivity index (χ1) is 9.31. The summed E-state index contributed by atoms with van der Waals surface area (Å²) >= 11 is 1.80. The van der Waals surface area contributed by atoms with Crippen LogP contribution in [0.3, 0.4) is 0 Å². The zero-order valence-electron chi connectivity index (χ0n) is 11.5. The maximum Gasteiger partial charge on any atom is 0.167 e. The summed E-state index contributed by atoms with van der Waals surface area (Å²) in [6.07, 6.45) is 4.98. The largest absolute Gasteiger partial charge is 0.329 e. The van der Waals surface area contributed by atoms with Gasteiger partial charge in [-0.1, -0.05) is 49.0 Å². The second kappa shape index (κ2) is 7.36. The molecule has 1 heterocycles. The molecule has 102 valence electrons. The summed E-state index contributed by atoms with van der Waals surface area (Å²) in [5.41, 5.74) is 1.35. The van der Waals surface area contributed by atoms with E-state index in [1.165, 1.54) is 5.56 Å². The fourth-order valence-electron chi connectivity index (χ4n) is 1.93. The molecular weight excluding hydrogens is 254 g/mol. The molecular formula is C15H21N3S. The Morgan fingerprint density at radius 3 is 2.74 bits per heavy atom. The first kappa shape index (κ1) is 14.2. The van der Waals surface area contributed by atoms with Crippen molar-refractivity contribution in [2.45, 2.75) is 24.5 Å². The Balaban J connectivity index is 2.00. The van der Waals surface area contributed by atoms with Crippen LogP contribution in [0.1, 0.15) is 24.9 Å². The number of thioether (sulfide) groups is 1.